The summed E-state index contributed by atoms with van der Waals surface area (Å²) in [5.74, 6) is -0.358. The van der Waals surface area contributed by atoms with Crippen molar-refractivity contribution in [2.24, 2.45) is 7.05 Å². The SMILES string of the molecule is CCOC(=O)CCc1ccc(NC(=O)C(NC)c2cnn(C)c2)cc1. The molecule has 134 valence electrons. The van der Waals surface area contributed by atoms with Crippen molar-refractivity contribution in [2.45, 2.75) is 25.8 Å². The largest absolute Gasteiger partial charge is 0.466 e. The molecule has 0 aliphatic rings. The van der Waals surface area contributed by atoms with E-state index in [-0.39, 0.29) is 11.9 Å². The first-order valence-corrected chi connectivity index (χ1v) is 8.24. The van der Waals surface area contributed by atoms with Gasteiger partial charge in [-0.15, -0.1) is 0 Å². The minimum absolute atomic E-state index is 0.158. The lowest BCUT2D eigenvalue weighted by molar-refractivity contribution is -0.143. The molecule has 1 amide bonds. The Morgan fingerprint density at radius 1 is 1.28 bits per heavy atom. The summed E-state index contributed by atoms with van der Waals surface area (Å²) in [4.78, 5) is 23.8. The van der Waals surface area contributed by atoms with E-state index in [0.717, 1.165) is 11.1 Å². The average Bonchev–Trinajstić information content (AvgIpc) is 3.01. The second kappa shape index (κ2) is 8.98. The van der Waals surface area contributed by atoms with Crippen LogP contribution in [0.2, 0.25) is 0 Å². The molecule has 0 bridgehead atoms. The lowest BCUT2D eigenvalue weighted by Gasteiger charge is -2.14. The number of carbonyl (C=O) groups excluding carboxylic acids is 2. The van der Waals surface area contributed by atoms with Gasteiger partial charge in [0.1, 0.15) is 6.04 Å². The lowest BCUT2D eigenvalue weighted by atomic mass is 10.1. The van der Waals surface area contributed by atoms with Crippen LogP contribution in [-0.2, 0) is 27.8 Å². The van der Waals surface area contributed by atoms with Crippen molar-refractivity contribution >= 4 is 17.6 Å². The first-order valence-electron chi connectivity index (χ1n) is 8.24. The molecule has 0 saturated heterocycles. The number of nitrogens with zero attached hydrogens (tertiary/aromatic N) is 2. The monoisotopic (exact) mass is 344 g/mol. The number of benzene rings is 1. The van der Waals surface area contributed by atoms with Crippen molar-refractivity contribution in [3.05, 3.63) is 47.8 Å². The molecule has 2 aromatic rings. The van der Waals surface area contributed by atoms with E-state index in [4.69, 9.17) is 4.74 Å². The summed E-state index contributed by atoms with van der Waals surface area (Å²) < 4.78 is 6.57. The number of hydrogen-bond acceptors (Lipinski definition) is 5. The predicted molar refractivity (Wildman–Crippen MR) is 95.0 cm³/mol. The Kier molecular flexibility index (Phi) is 6.71. The summed E-state index contributed by atoms with van der Waals surface area (Å²) in [6.07, 6.45) is 4.43. The maximum Gasteiger partial charge on any atom is 0.306 e. The van der Waals surface area contributed by atoms with Gasteiger partial charge in [0.05, 0.1) is 12.8 Å². The second-order valence-electron chi connectivity index (χ2n) is 5.66. The van der Waals surface area contributed by atoms with Gasteiger partial charge in [0.2, 0.25) is 5.91 Å². The highest BCUT2D eigenvalue weighted by Gasteiger charge is 2.20. The fraction of sp³-hybridized carbons (Fsp3) is 0.389. The minimum Gasteiger partial charge on any atom is -0.466 e. The van der Waals surface area contributed by atoms with E-state index < -0.39 is 6.04 Å². The lowest BCUT2D eigenvalue weighted by Crippen LogP contribution is -2.30. The van der Waals surface area contributed by atoms with E-state index >= 15 is 0 Å². The number of carbonyl (C=O) groups is 2. The summed E-state index contributed by atoms with van der Waals surface area (Å²) in [5, 5.41) is 9.97. The number of ether oxygens (including phenoxy) is 1. The van der Waals surface area contributed by atoms with E-state index in [0.29, 0.717) is 25.1 Å². The van der Waals surface area contributed by atoms with Crippen LogP contribution in [0.4, 0.5) is 5.69 Å². The number of nitrogens with one attached hydrogen (secondary N) is 2. The maximum atomic E-state index is 12.5. The van der Waals surface area contributed by atoms with Gasteiger partial charge in [-0.1, -0.05) is 12.1 Å². The Hall–Kier alpha value is -2.67. The van der Waals surface area contributed by atoms with Crippen LogP contribution in [0.25, 0.3) is 0 Å². The van der Waals surface area contributed by atoms with Gasteiger partial charge in [-0.2, -0.15) is 5.10 Å². The van der Waals surface area contributed by atoms with Gasteiger partial charge in [0.25, 0.3) is 0 Å². The number of amides is 1. The highest BCUT2D eigenvalue weighted by Crippen LogP contribution is 2.16. The van der Waals surface area contributed by atoms with Crippen molar-refractivity contribution in [3.63, 3.8) is 0 Å². The summed E-state index contributed by atoms with van der Waals surface area (Å²) in [6.45, 7) is 2.19. The normalized spacial score (nSPS) is 11.8. The molecule has 0 saturated carbocycles. The third kappa shape index (κ3) is 5.42. The van der Waals surface area contributed by atoms with Gasteiger partial charge in [-0.3, -0.25) is 14.3 Å². The summed E-state index contributed by atoms with van der Waals surface area (Å²) in [5.41, 5.74) is 2.52. The maximum absolute atomic E-state index is 12.5. The third-order valence-corrected chi connectivity index (χ3v) is 3.75. The molecule has 0 radical (unpaired) electrons. The molecule has 0 fully saturated rings. The Morgan fingerprint density at radius 3 is 2.56 bits per heavy atom. The molecule has 0 spiro atoms. The van der Waals surface area contributed by atoms with Gasteiger partial charge in [0.15, 0.2) is 0 Å². The zero-order valence-electron chi connectivity index (χ0n) is 14.8. The number of esters is 1. The molecule has 7 nitrogen and oxygen atoms in total. The van der Waals surface area contributed by atoms with E-state index in [1.165, 1.54) is 0 Å². The van der Waals surface area contributed by atoms with Crippen molar-refractivity contribution in [3.8, 4) is 0 Å². The van der Waals surface area contributed by atoms with Crippen LogP contribution in [0.15, 0.2) is 36.7 Å². The van der Waals surface area contributed by atoms with Crippen LogP contribution >= 0.6 is 0 Å². The van der Waals surface area contributed by atoms with Crippen LogP contribution in [0, 0.1) is 0 Å². The van der Waals surface area contributed by atoms with Crippen LogP contribution in [0.3, 0.4) is 0 Å². The van der Waals surface area contributed by atoms with Crippen molar-refractivity contribution in [1.29, 1.82) is 0 Å². The highest BCUT2D eigenvalue weighted by molar-refractivity contribution is 5.95. The predicted octanol–water partition coefficient (Wildman–Crippen LogP) is 1.81. The number of likely N-dealkylation sites (N-methyl/N-ethyl adjacent to an activating group) is 1. The number of anilines is 1. The summed E-state index contributed by atoms with van der Waals surface area (Å²) in [6, 6.07) is 6.97. The zero-order chi connectivity index (χ0) is 18.2. The molecule has 7 heteroatoms. The number of aromatic nitrogens is 2. The fourth-order valence-electron chi connectivity index (χ4n) is 2.49. The second-order valence-corrected chi connectivity index (χ2v) is 5.66. The van der Waals surface area contributed by atoms with Crippen molar-refractivity contribution in [1.82, 2.24) is 15.1 Å². The Balaban J connectivity index is 1.93. The number of hydrogen-bond donors (Lipinski definition) is 2. The zero-order valence-corrected chi connectivity index (χ0v) is 14.8. The fourth-order valence-corrected chi connectivity index (χ4v) is 2.49. The van der Waals surface area contributed by atoms with E-state index in [1.807, 2.05) is 31.3 Å². The average molecular weight is 344 g/mol. The molecule has 0 aliphatic heterocycles. The number of rotatable bonds is 8. The molecule has 1 unspecified atom stereocenters. The molecule has 1 aromatic carbocycles. The van der Waals surface area contributed by atoms with E-state index in [1.54, 1.807) is 31.0 Å². The Bertz CT molecular complexity index is 709. The van der Waals surface area contributed by atoms with Crippen LogP contribution in [0.1, 0.15) is 30.5 Å². The first kappa shape index (κ1) is 18.7. The molecule has 25 heavy (non-hydrogen) atoms. The first-order chi connectivity index (χ1) is 12.0. The molecule has 2 rings (SSSR count). The molecule has 1 atom stereocenters. The summed E-state index contributed by atoms with van der Waals surface area (Å²) >= 11 is 0. The molecule has 2 N–H and O–H groups in total. The molecule has 1 aromatic heterocycles. The van der Waals surface area contributed by atoms with Crippen LogP contribution in [0.5, 0.6) is 0 Å². The van der Waals surface area contributed by atoms with Gasteiger partial charge < -0.3 is 15.4 Å². The van der Waals surface area contributed by atoms with Crippen molar-refractivity contribution in [2.75, 3.05) is 19.0 Å². The van der Waals surface area contributed by atoms with Crippen molar-refractivity contribution < 1.29 is 14.3 Å². The minimum atomic E-state index is -0.475. The molecule has 0 aliphatic carbocycles. The molecular formula is C18H24N4O3. The molecular weight excluding hydrogens is 320 g/mol. The molecule has 1 heterocycles. The third-order valence-electron chi connectivity index (χ3n) is 3.75. The summed E-state index contributed by atoms with van der Waals surface area (Å²) in [7, 11) is 3.54. The quantitative estimate of drug-likeness (QED) is 0.714. The van der Waals surface area contributed by atoms with E-state index in [2.05, 4.69) is 15.7 Å². The van der Waals surface area contributed by atoms with Crippen LogP contribution in [-0.4, -0.2) is 35.3 Å². The Morgan fingerprint density at radius 2 is 2.00 bits per heavy atom. The van der Waals surface area contributed by atoms with Gasteiger partial charge in [0, 0.05) is 30.9 Å². The standard InChI is InChI=1S/C18H24N4O3/c1-4-25-16(23)10-7-13-5-8-15(9-6-13)21-18(24)17(19-2)14-11-20-22(3)12-14/h5-6,8-9,11-12,17,19H,4,7,10H2,1-3H3,(H,21,24). The number of aryl methyl sites for hydroxylation is 2. The van der Waals surface area contributed by atoms with E-state index in [9.17, 15) is 9.59 Å². The highest BCUT2D eigenvalue weighted by atomic mass is 16.5. The smallest absolute Gasteiger partial charge is 0.306 e. The van der Waals surface area contributed by atoms with Gasteiger partial charge in [-0.05, 0) is 38.1 Å². The topological polar surface area (TPSA) is 85.2 Å². The Labute approximate surface area is 147 Å². The van der Waals surface area contributed by atoms with Crippen LogP contribution < -0.4 is 10.6 Å². The van der Waals surface area contributed by atoms with Gasteiger partial charge in [-0.25, -0.2) is 0 Å². The van der Waals surface area contributed by atoms with Gasteiger partial charge >= 0.3 is 5.97 Å².